The summed E-state index contributed by atoms with van der Waals surface area (Å²) in [4.78, 5) is 0. The van der Waals surface area contributed by atoms with E-state index in [9.17, 15) is 0 Å². The predicted molar refractivity (Wildman–Crippen MR) is 53.0 cm³/mol. The summed E-state index contributed by atoms with van der Waals surface area (Å²) in [5.74, 6) is 0.985. The summed E-state index contributed by atoms with van der Waals surface area (Å²) < 4.78 is 5.76. The van der Waals surface area contributed by atoms with Gasteiger partial charge in [-0.2, -0.15) is 12.6 Å². The van der Waals surface area contributed by atoms with Gasteiger partial charge in [0.15, 0.2) is 9.76 Å². The second kappa shape index (κ2) is 2.78. The van der Waals surface area contributed by atoms with Crippen LogP contribution in [-0.2, 0) is 4.43 Å². The zero-order valence-corrected chi connectivity index (χ0v) is 9.35. The molecule has 1 nitrogen and oxygen atoms in total. The summed E-state index contributed by atoms with van der Waals surface area (Å²) in [7, 11) is 1.65. The fraction of sp³-hybridized carbons (Fsp3) is 1.00. The molecule has 0 aromatic rings. The Hall–Kier alpha value is 0.527. The van der Waals surface area contributed by atoms with Crippen LogP contribution in [0.5, 0.6) is 0 Å². The van der Waals surface area contributed by atoms with Crippen LogP contribution >= 0.6 is 12.6 Å². The van der Waals surface area contributed by atoms with E-state index in [1.54, 1.807) is 0 Å². The van der Waals surface area contributed by atoms with Crippen molar-refractivity contribution in [2.75, 3.05) is 7.11 Å². The van der Waals surface area contributed by atoms with Gasteiger partial charge in [-0.05, 0) is 37.1 Å². The molecule has 0 aromatic carbocycles. The first-order chi connectivity index (χ1) is 5.23. The normalized spacial score (nSPS) is 49.6. The number of rotatable bonds is 2. The lowest BCUT2D eigenvalue weighted by Crippen LogP contribution is -2.19. The molecule has 0 N–H and O–H groups in total. The summed E-state index contributed by atoms with van der Waals surface area (Å²) in [5, 5.41) is 0. The van der Waals surface area contributed by atoms with Crippen molar-refractivity contribution in [3.05, 3.63) is 0 Å². The maximum Gasteiger partial charge on any atom is 0.164 e. The van der Waals surface area contributed by atoms with E-state index in [0.29, 0.717) is 4.75 Å². The lowest BCUT2D eigenvalue weighted by atomic mass is 9.99. The number of hydrogen-bond acceptors (Lipinski definition) is 2. The Labute approximate surface area is 76.2 Å². The minimum absolute atomic E-state index is 0.216. The largest absolute Gasteiger partial charge is 0.427 e. The van der Waals surface area contributed by atoms with Gasteiger partial charge >= 0.3 is 0 Å². The minimum Gasteiger partial charge on any atom is -0.427 e. The van der Waals surface area contributed by atoms with E-state index in [4.69, 9.17) is 17.1 Å². The van der Waals surface area contributed by atoms with Crippen LogP contribution < -0.4 is 0 Å². The van der Waals surface area contributed by atoms with Crippen molar-refractivity contribution in [3.8, 4) is 0 Å². The number of hydrogen-bond donors (Lipinski definition) is 1. The molecule has 0 heterocycles. The van der Waals surface area contributed by atoms with Gasteiger partial charge in [0.1, 0.15) is 0 Å². The molecule has 2 fully saturated rings. The van der Waals surface area contributed by atoms with Gasteiger partial charge < -0.3 is 4.43 Å². The fourth-order valence-corrected chi connectivity index (χ4v) is 5.41. The van der Waals surface area contributed by atoms with Crippen LogP contribution in [0.3, 0.4) is 0 Å². The monoisotopic (exact) mass is 188 g/mol. The first-order valence-electron chi connectivity index (χ1n) is 4.45. The van der Waals surface area contributed by atoms with E-state index in [1.807, 2.05) is 7.11 Å². The summed E-state index contributed by atoms with van der Waals surface area (Å²) in [6.07, 6.45) is 5.50. The quantitative estimate of drug-likeness (QED) is 0.509. The maximum absolute atomic E-state index is 5.33. The highest BCUT2D eigenvalue weighted by molar-refractivity contribution is 7.81. The van der Waals surface area contributed by atoms with Crippen molar-refractivity contribution in [2.24, 2.45) is 5.92 Å². The highest BCUT2D eigenvalue weighted by Crippen LogP contribution is 2.56. The van der Waals surface area contributed by atoms with Crippen molar-refractivity contribution in [1.29, 1.82) is 0 Å². The molecule has 11 heavy (non-hydrogen) atoms. The van der Waals surface area contributed by atoms with Crippen molar-refractivity contribution in [2.45, 2.75) is 36.0 Å². The standard InChI is InChI=1S/C8H16OSSi/c1-9-11-7-5-8(10)3-2-6(7)4-8/h6-7,10H,2-5,11H2,1H3. The zero-order valence-electron chi connectivity index (χ0n) is 7.05. The third-order valence-electron chi connectivity index (χ3n) is 3.31. The average Bonchev–Trinajstić information content (AvgIpc) is 2.43. The molecular weight excluding hydrogens is 172 g/mol. The first kappa shape index (κ1) is 8.14. The molecule has 0 aromatic heterocycles. The van der Waals surface area contributed by atoms with E-state index in [2.05, 4.69) is 0 Å². The van der Waals surface area contributed by atoms with Crippen molar-refractivity contribution < 1.29 is 4.43 Å². The zero-order chi connectivity index (χ0) is 7.90. The van der Waals surface area contributed by atoms with E-state index in [0.717, 1.165) is 11.5 Å². The third kappa shape index (κ3) is 1.38. The smallest absolute Gasteiger partial charge is 0.164 e. The maximum atomic E-state index is 5.33. The number of thiol groups is 1. The summed E-state index contributed by atoms with van der Waals surface area (Å²) in [6.45, 7) is 0. The van der Waals surface area contributed by atoms with Crippen molar-refractivity contribution >= 4 is 22.4 Å². The molecule has 2 rings (SSSR count). The van der Waals surface area contributed by atoms with E-state index < -0.39 is 0 Å². The van der Waals surface area contributed by atoms with E-state index in [-0.39, 0.29) is 9.76 Å². The topological polar surface area (TPSA) is 9.23 Å². The van der Waals surface area contributed by atoms with E-state index >= 15 is 0 Å². The Morgan fingerprint density at radius 2 is 2.36 bits per heavy atom. The first-order valence-corrected chi connectivity index (χ1v) is 6.29. The van der Waals surface area contributed by atoms with Gasteiger partial charge in [-0.15, -0.1) is 0 Å². The van der Waals surface area contributed by atoms with Crippen molar-refractivity contribution in [1.82, 2.24) is 0 Å². The molecule has 3 unspecified atom stereocenters. The molecule has 3 heteroatoms. The summed E-state index contributed by atoms with van der Waals surface area (Å²) in [5.41, 5.74) is 0.950. The van der Waals surface area contributed by atoms with Crippen molar-refractivity contribution in [3.63, 3.8) is 0 Å². The van der Waals surface area contributed by atoms with Gasteiger partial charge in [0.25, 0.3) is 0 Å². The molecule has 2 aliphatic rings. The van der Waals surface area contributed by atoms with Crippen LogP contribution in [0.15, 0.2) is 0 Å². The van der Waals surface area contributed by atoms with E-state index in [1.165, 1.54) is 25.7 Å². The van der Waals surface area contributed by atoms with Crippen LogP contribution in [0.25, 0.3) is 0 Å². The molecule has 0 amide bonds. The molecule has 0 saturated heterocycles. The Morgan fingerprint density at radius 3 is 2.82 bits per heavy atom. The van der Waals surface area contributed by atoms with Gasteiger partial charge in [0.2, 0.25) is 0 Å². The second-order valence-corrected chi connectivity index (χ2v) is 7.05. The van der Waals surface area contributed by atoms with Crippen LogP contribution in [-0.4, -0.2) is 21.6 Å². The summed E-state index contributed by atoms with van der Waals surface area (Å²) in [6, 6.07) is 0. The molecule has 3 atom stereocenters. The van der Waals surface area contributed by atoms with Gasteiger partial charge in [-0.1, -0.05) is 0 Å². The summed E-state index contributed by atoms with van der Waals surface area (Å²) >= 11 is 4.74. The second-order valence-electron chi connectivity index (χ2n) is 4.15. The fourth-order valence-electron chi connectivity index (χ4n) is 2.80. The lowest BCUT2D eigenvalue weighted by molar-refractivity contribution is 0.397. The molecule has 0 radical (unpaired) electrons. The highest BCUT2D eigenvalue weighted by atomic mass is 32.1. The van der Waals surface area contributed by atoms with Gasteiger partial charge in [-0.3, -0.25) is 0 Å². The van der Waals surface area contributed by atoms with Crippen LogP contribution in [0, 0.1) is 5.92 Å². The Balaban J connectivity index is 1.98. The molecule has 0 spiro atoms. The molecular formula is C8H16OSSi. The third-order valence-corrected chi connectivity index (χ3v) is 5.62. The lowest BCUT2D eigenvalue weighted by Gasteiger charge is -2.24. The molecule has 0 aliphatic heterocycles. The van der Waals surface area contributed by atoms with Gasteiger partial charge in [0.05, 0.1) is 0 Å². The highest BCUT2D eigenvalue weighted by Gasteiger charge is 2.48. The van der Waals surface area contributed by atoms with Gasteiger partial charge in [-0.25, -0.2) is 0 Å². The Morgan fingerprint density at radius 1 is 1.55 bits per heavy atom. The Bertz CT molecular complexity index is 164. The molecule has 64 valence electrons. The molecule has 2 bridgehead atoms. The molecule has 2 saturated carbocycles. The SMILES string of the molecule is CO[SiH2]C1CC2(S)CCC1C2. The van der Waals surface area contributed by atoms with Gasteiger partial charge in [0, 0.05) is 11.9 Å². The predicted octanol–water partition coefficient (Wildman–Crippen LogP) is 1.38. The van der Waals surface area contributed by atoms with Crippen LogP contribution in [0.2, 0.25) is 5.54 Å². The molecule has 2 aliphatic carbocycles. The average molecular weight is 188 g/mol. The minimum atomic E-state index is -0.216. The van der Waals surface area contributed by atoms with Crippen LogP contribution in [0.4, 0.5) is 0 Å². The Kier molecular flexibility index (Phi) is 2.06. The number of fused-ring (bicyclic) bond motifs is 2. The van der Waals surface area contributed by atoms with Crippen LogP contribution in [0.1, 0.15) is 25.7 Å².